The maximum atomic E-state index is 5.48. The number of aromatic nitrogens is 5. The van der Waals surface area contributed by atoms with E-state index in [0.29, 0.717) is 5.82 Å². The van der Waals surface area contributed by atoms with E-state index < -0.39 is 0 Å². The zero-order valence-corrected chi connectivity index (χ0v) is 57.2. The van der Waals surface area contributed by atoms with Crippen molar-refractivity contribution < 1.29 is 0 Å². The Morgan fingerprint density at radius 3 is 0.775 bits per heavy atom. The van der Waals surface area contributed by atoms with Gasteiger partial charge in [-0.15, -0.1) is 34.0 Å². The summed E-state index contributed by atoms with van der Waals surface area (Å²) in [5.41, 5.74) is 22.0. The van der Waals surface area contributed by atoms with Gasteiger partial charge in [0.05, 0.1) is 44.5 Å². The summed E-state index contributed by atoms with van der Waals surface area (Å²) in [5, 5.41) is 15.2. The first kappa shape index (κ1) is 57.4. The molecule has 0 amide bonds. The first-order valence-electron chi connectivity index (χ1n) is 34.6. The summed E-state index contributed by atoms with van der Waals surface area (Å²) in [4.78, 5) is 11.0. The third kappa shape index (κ3) is 9.00. The van der Waals surface area contributed by atoms with Gasteiger partial charge in [0.25, 0.3) is 0 Å². The molecular formula is C94H55N5S3. The second-order valence-corrected chi connectivity index (χ2v) is 30.0. The van der Waals surface area contributed by atoms with Gasteiger partial charge in [-0.1, -0.05) is 188 Å². The summed E-state index contributed by atoms with van der Waals surface area (Å²) < 4.78 is 15.1. The third-order valence-electron chi connectivity index (χ3n) is 21.1. The Labute approximate surface area is 597 Å². The predicted molar refractivity (Wildman–Crippen MR) is 436 cm³/mol. The highest BCUT2D eigenvalue weighted by atomic mass is 32.1. The fraction of sp³-hybridized carbons (Fsp3) is 0. The zero-order valence-electron chi connectivity index (χ0n) is 54.7. The summed E-state index contributed by atoms with van der Waals surface area (Å²) in [5.74, 6) is 0.652. The molecule has 15 aromatic carbocycles. The van der Waals surface area contributed by atoms with Gasteiger partial charge in [0.1, 0.15) is 0 Å². The van der Waals surface area contributed by atoms with E-state index in [1.54, 1.807) is 0 Å². The van der Waals surface area contributed by atoms with Crippen LogP contribution in [0, 0.1) is 0 Å². The molecule has 7 aromatic heterocycles. The number of rotatable bonds is 9. The smallest absolute Gasteiger partial charge is 0.160 e. The van der Waals surface area contributed by atoms with Crippen LogP contribution in [0.2, 0.25) is 0 Å². The van der Waals surface area contributed by atoms with Crippen molar-refractivity contribution in [1.82, 2.24) is 23.7 Å². The molecule has 0 atom stereocenters. The molecule has 0 radical (unpaired) electrons. The van der Waals surface area contributed by atoms with Crippen molar-refractivity contribution >= 4 is 160 Å². The molecule has 22 rings (SSSR count). The number of benzene rings is 15. The van der Waals surface area contributed by atoms with E-state index in [-0.39, 0.29) is 0 Å². The van der Waals surface area contributed by atoms with Crippen LogP contribution < -0.4 is 0 Å². The van der Waals surface area contributed by atoms with Crippen LogP contribution in [0.5, 0.6) is 0 Å². The topological polar surface area (TPSA) is 40.6 Å². The van der Waals surface area contributed by atoms with Crippen LogP contribution in [-0.2, 0) is 0 Å². The van der Waals surface area contributed by atoms with Gasteiger partial charge in [-0.25, -0.2) is 9.97 Å². The normalized spacial score (nSPS) is 12.1. The molecule has 474 valence electrons. The van der Waals surface area contributed by atoms with Crippen molar-refractivity contribution in [3.8, 4) is 84.3 Å². The fourth-order valence-electron chi connectivity index (χ4n) is 16.2. The second-order valence-electron chi connectivity index (χ2n) is 26.8. The highest BCUT2D eigenvalue weighted by Crippen LogP contribution is 2.45. The highest BCUT2D eigenvalue weighted by Gasteiger charge is 2.21. The molecular weight excluding hydrogens is 1300 g/mol. The molecule has 0 fully saturated rings. The van der Waals surface area contributed by atoms with Crippen molar-refractivity contribution in [2.24, 2.45) is 0 Å². The molecule has 0 saturated carbocycles. The molecule has 5 nitrogen and oxygen atoms in total. The highest BCUT2D eigenvalue weighted by molar-refractivity contribution is 7.26. The minimum Gasteiger partial charge on any atom is -0.309 e. The summed E-state index contributed by atoms with van der Waals surface area (Å²) in [6, 6.07) is 123. The molecule has 0 saturated heterocycles. The van der Waals surface area contributed by atoms with Gasteiger partial charge in [-0.2, -0.15) is 0 Å². The molecule has 0 N–H and O–H groups in total. The molecule has 102 heavy (non-hydrogen) atoms. The monoisotopic (exact) mass is 1350 g/mol. The lowest BCUT2D eigenvalue weighted by Crippen LogP contribution is -1.98. The molecule has 0 aliphatic carbocycles. The maximum Gasteiger partial charge on any atom is 0.160 e. The van der Waals surface area contributed by atoms with Crippen LogP contribution in [0.25, 0.3) is 210 Å². The van der Waals surface area contributed by atoms with Crippen LogP contribution >= 0.6 is 34.0 Å². The average Bonchev–Trinajstić information content (AvgIpc) is 1.60. The number of thiophene rings is 3. The first-order valence-corrected chi connectivity index (χ1v) is 37.0. The van der Waals surface area contributed by atoms with Gasteiger partial charge in [0.2, 0.25) is 0 Å². The number of fused-ring (bicyclic) bond motifs is 18. The molecule has 0 aliphatic rings. The minimum atomic E-state index is 0.652. The summed E-state index contributed by atoms with van der Waals surface area (Å²) in [7, 11) is 0. The van der Waals surface area contributed by atoms with Crippen LogP contribution in [0.15, 0.2) is 334 Å². The van der Waals surface area contributed by atoms with Crippen LogP contribution in [0.4, 0.5) is 0 Å². The predicted octanol–water partition coefficient (Wildman–Crippen LogP) is 26.9. The Kier molecular flexibility index (Phi) is 12.6. The van der Waals surface area contributed by atoms with Crippen molar-refractivity contribution in [3.63, 3.8) is 0 Å². The Bertz CT molecular complexity index is 6540. The van der Waals surface area contributed by atoms with E-state index in [0.717, 1.165) is 78.2 Å². The molecule has 0 bridgehead atoms. The Balaban J connectivity index is 0.637. The Morgan fingerprint density at radius 1 is 0.176 bits per heavy atom. The molecule has 0 aliphatic heterocycles. The standard InChI is InChI=1S/C94H55N5S3/c1-7-19-82-68(13-1)77-49-59(62-31-43-74-71-16-4-10-22-88(71)100-91(74)52-62)34-46-85(77)97(82)65-37-25-56(26-38-65)80-55-81(57-27-39-66(40-28-57)98-83-20-8-2-14-69(83)78-50-60(35-47-86(78)98)63-32-44-75-72-17-5-11-23-89(72)101-92(75)53-63)96-94(95-80)58-29-41-67(42-30-58)99-84-21-9-3-15-70(84)79-51-61(36-48-87(79)99)64-33-45-76-73-18-6-12-24-90(73)102-93(76)54-64/h1-55H. The van der Waals surface area contributed by atoms with E-state index >= 15 is 0 Å². The van der Waals surface area contributed by atoms with E-state index in [2.05, 4.69) is 347 Å². The lowest BCUT2D eigenvalue weighted by atomic mass is 10.0. The maximum absolute atomic E-state index is 5.48. The van der Waals surface area contributed by atoms with Crippen molar-refractivity contribution in [2.45, 2.75) is 0 Å². The van der Waals surface area contributed by atoms with Crippen molar-refractivity contribution in [2.75, 3.05) is 0 Å². The largest absolute Gasteiger partial charge is 0.309 e. The van der Waals surface area contributed by atoms with Crippen LogP contribution in [0.1, 0.15) is 0 Å². The molecule has 7 heterocycles. The van der Waals surface area contributed by atoms with Crippen LogP contribution in [-0.4, -0.2) is 23.7 Å². The van der Waals surface area contributed by atoms with Crippen molar-refractivity contribution in [1.29, 1.82) is 0 Å². The van der Waals surface area contributed by atoms with E-state index in [9.17, 15) is 0 Å². The number of para-hydroxylation sites is 3. The molecule has 0 spiro atoms. The lowest BCUT2D eigenvalue weighted by Gasteiger charge is -2.13. The second kappa shape index (κ2) is 22.5. The van der Waals surface area contributed by atoms with Gasteiger partial charge in [0, 0.05) is 127 Å². The number of nitrogens with zero attached hydrogens (tertiary/aromatic N) is 5. The van der Waals surface area contributed by atoms with E-state index in [1.165, 1.54) is 126 Å². The third-order valence-corrected chi connectivity index (χ3v) is 24.5. The molecule has 0 unspecified atom stereocenters. The quantitative estimate of drug-likeness (QED) is 0.144. The molecule has 8 heteroatoms. The van der Waals surface area contributed by atoms with Crippen LogP contribution in [0.3, 0.4) is 0 Å². The SMILES string of the molecule is c1ccc2c(c1)sc1cc(-c3ccc4c(c3)c3ccccc3n4-c3ccc(-c4cc(-c5ccc(-n6c7ccccc7c7cc(-c8ccc9c(c8)sc8ccccc89)ccc76)cc5)nc(-c5ccc(-n6c7ccccc7c7cc(-c8ccc9c(c8)sc8ccccc89)ccc76)cc5)n4)cc3)ccc12. The number of hydrogen-bond donors (Lipinski definition) is 0. The summed E-state index contributed by atoms with van der Waals surface area (Å²) >= 11 is 5.59. The molecule has 22 aromatic rings. The van der Waals surface area contributed by atoms with E-state index in [1.807, 2.05) is 34.0 Å². The average molecular weight is 1350 g/mol. The number of hydrogen-bond acceptors (Lipinski definition) is 5. The Morgan fingerprint density at radius 2 is 0.431 bits per heavy atom. The van der Waals surface area contributed by atoms with Gasteiger partial charge in [-0.3, -0.25) is 0 Å². The fourth-order valence-corrected chi connectivity index (χ4v) is 19.6. The zero-order chi connectivity index (χ0) is 66.7. The lowest BCUT2D eigenvalue weighted by molar-refractivity contribution is 1.16. The summed E-state index contributed by atoms with van der Waals surface area (Å²) in [6.45, 7) is 0. The first-order chi connectivity index (χ1) is 50.5. The van der Waals surface area contributed by atoms with Gasteiger partial charge in [-0.05, 0) is 179 Å². The van der Waals surface area contributed by atoms with Gasteiger partial charge in [0.15, 0.2) is 5.82 Å². The van der Waals surface area contributed by atoms with E-state index in [4.69, 9.17) is 9.97 Å². The van der Waals surface area contributed by atoms with Gasteiger partial charge < -0.3 is 13.7 Å². The van der Waals surface area contributed by atoms with Gasteiger partial charge >= 0.3 is 0 Å². The van der Waals surface area contributed by atoms with Crippen molar-refractivity contribution in [3.05, 3.63) is 334 Å². The minimum absolute atomic E-state index is 0.652. The summed E-state index contributed by atoms with van der Waals surface area (Å²) in [6.07, 6.45) is 0. The Hall–Kier alpha value is -12.6.